The van der Waals surface area contributed by atoms with Gasteiger partial charge in [0, 0.05) is 11.8 Å². The summed E-state index contributed by atoms with van der Waals surface area (Å²) in [6.07, 6.45) is 1.75. The predicted molar refractivity (Wildman–Crippen MR) is 112 cm³/mol. The lowest BCUT2D eigenvalue weighted by molar-refractivity contribution is 0.0949. The van der Waals surface area contributed by atoms with Crippen molar-refractivity contribution in [2.45, 2.75) is 20.0 Å². The van der Waals surface area contributed by atoms with E-state index in [4.69, 9.17) is 14.5 Å². The standard InChI is InChI=1S/C23H20N4O3/c1-15-4-6-16(7-5-15)13-27-21(26-18-3-2-10-24-22(18)27)12-25-23(28)17-8-9-19-20(11-17)30-14-29-19/h2-11H,12-14H2,1H3,(H,25,28). The minimum absolute atomic E-state index is 0.177. The van der Waals surface area contributed by atoms with Crippen molar-refractivity contribution in [2.24, 2.45) is 0 Å². The maximum atomic E-state index is 12.7. The van der Waals surface area contributed by atoms with E-state index in [1.807, 2.05) is 16.7 Å². The molecule has 2 aromatic carbocycles. The molecule has 7 heteroatoms. The van der Waals surface area contributed by atoms with Crippen molar-refractivity contribution in [3.05, 3.63) is 83.3 Å². The van der Waals surface area contributed by atoms with Crippen LogP contribution in [0.4, 0.5) is 0 Å². The molecular weight excluding hydrogens is 380 g/mol. The summed E-state index contributed by atoms with van der Waals surface area (Å²) < 4.78 is 12.7. The maximum Gasteiger partial charge on any atom is 0.251 e. The van der Waals surface area contributed by atoms with E-state index in [1.54, 1.807) is 24.4 Å². The Morgan fingerprint density at radius 1 is 1.10 bits per heavy atom. The maximum absolute atomic E-state index is 12.7. The molecule has 0 saturated carbocycles. The lowest BCUT2D eigenvalue weighted by Crippen LogP contribution is -2.25. The number of imidazole rings is 1. The summed E-state index contributed by atoms with van der Waals surface area (Å²) in [6.45, 7) is 3.16. The van der Waals surface area contributed by atoms with E-state index in [-0.39, 0.29) is 19.2 Å². The Hall–Kier alpha value is -3.87. The molecule has 150 valence electrons. The Kier molecular flexibility index (Phi) is 4.55. The molecule has 0 fully saturated rings. The van der Waals surface area contributed by atoms with Crippen LogP contribution >= 0.6 is 0 Å². The molecule has 1 N–H and O–H groups in total. The number of nitrogens with zero attached hydrogens (tertiary/aromatic N) is 3. The number of carbonyl (C=O) groups excluding carboxylic acids is 1. The smallest absolute Gasteiger partial charge is 0.251 e. The normalized spacial score (nSPS) is 12.3. The van der Waals surface area contributed by atoms with Crippen molar-refractivity contribution in [1.82, 2.24) is 19.9 Å². The van der Waals surface area contributed by atoms with E-state index in [0.29, 0.717) is 23.6 Å². The van der Waals surface area contributed by atoms with Crippen LogP contribution < -0.4 is 14.8 Å². The number of hydrogen-bond donors (Lipinski definition) is 1. The van der Waals surface area contributed by atoms with Crippen molar-refractivity contribution < 1.29 is 14.3 Å². The second-order valence-electron chi connectivity index (χ2n) is 7.20. The monoisotopic (exact) mass is 400 g/mol. The zero-order valence-corrected chi connectivity index (χ0v) is 16.5. The molecular formula is C23H20N4O3. The van der Waals surface area contributed by atoms with Gasteiger partial charge in [0.05, 0.1) is 13.1 Å². The van der Waals surface area contributed by atoms with Crippen molar-refractivity contribution in [3.63, 3.8) is 0 Å². The zero-order valence-electron chi connectivity index (χ0n) is 16.5. The molecule has 0 atom stereocenters. The van der Waals surface area contributed by atoms with Crippen molar-refractivity contribution in [3.8, 4) is 11.5 Å². The average Bonchev–Trinajstić information content (AvgIpc) is 3.37. The van der Waals surface area contributed by atoms with Gasteiger partial charge in [-0.05, 0) is 42.8 Å². The number of fused-ring (bicyclic) bond motifs is 2. The highest BCUT2D eigenvalue weighted by Crippen LogP contribution is 2.32. The van der Waals surface area contributed by atoms with Gasteiger partial charge in [-0.15, -0.1) is 0 Å². The summed E-state index contributed by atoms with van der Waals surface area (Å²) in [5.41, 5.74) is 4.47. The van der Waals surface area contributed by atoms with E-state index >= 15 is 0 Å². The van der Waals surface area contributed by atoms with Gasteiger partial charge in [0.25, 0.3) is 5.91 Å². The van der Waals surface area contributed by atoms with Crippen LogP contribution in [-0.2, 0) is 13.1 Å². The van der Waals surface area contributed by atoms with Gasteiger partial charge >= 0.3 is 0 Å². The van der Waals surface area contributed by atoms with Crippen LogP contribution in [0.15, 0.2) is 60.8 Å². The van der Waals surface area contributed by atoms with Crippen LogP contribution in [-0.4, -0.2) is 27.2 Å². The second kappa shape index (κ2) is 7.51. The van der Waals surface area contributed by atoms with Crippen molar-refractivity contribution in [1.29, 1.82) is 0 Å². The fourth-order valence-corrected chi connectivity index (χ4v) is 3.48. The molecule has 5 rings (SSSR count). The van der Waals surface area contributed by atoms with E-state index in [1.165, 1.54) is 5.56 Å². The Labute approximate surface area is 173 Å². The number of aromatic nitrogens is 3. The second-order valence-corrected chi connectivity index (χ2v) is 7.20. The number of ether oxygens (including phenoxy) is 2. The van der Waals surface area contributed by atoms with Crippen LogP contribution in [0.25, 0.3) is 11.2 Å². The molecule has 3 heterocycles. The third-order valence-corrected chi connectivity index (χ3v) is 5.09. The summed E-state index contributed by atoms with van der Waals surface area (Å²) in [5, 5.41) is 2.96. The Morgan fingerprint density at radius 3 is 2.80 bits per heavy atom. The molecule has 4 aromatic rings. The van der Waals surface area contributed by atoms with Gasteiger partial charge in [0.2, 0.25) is 6.79 Å². The van der Waals surface area contributed by atoms with Gasteiger partial charge in [-0.1, -0.05) is 29.8 Å². The van der Waals surface area contributed by atoms with Crippen LogP contribution in [0.5, 0.6) is 11.5 Å². The molecule has 0 spiro atoms. The third kappa shape index (κ3) is 3.45. The SMILES string of the molecule is Cc1ccc(Cn2c(CNC(=O)c3ccc4c(c3)OCO4)nc3cccnc32)cc1. The highest BCUT2D eigenvalue weighted by Gasteiger charge is 2.17. The van der Waals surface area contributed by atoms with E-state index in [9.17, 15) is 4.79 Å². The first-order valence-corrected chi connectivity index (χ1v) is 9.71. The van der Waals surface area contributed by atoms with E-state index in [2.05, 4.69) is 41.5 Å². The lowest BCUT2D eigenvalue weighted by Gasteiger charge is -2.10. The summed E-state index contributed by atoms with van der Waals surface area (Å²) in [5.74, 6) is 1.78. The van der Waals surface area contributed by atoms with Crippen LogP contribution in [0.1, 0.15) is 27.3 Å². The number of pyridine rings is 1. The molecule has 2 aromatic heterocycles. The molecule has 0 radical (unpaired) electrons. The number of amides is 1. The lowest BCUT2D eigenvalue weighted by atomic mass is 10.1. The van der Waals surface area contributed by atoms with E-state index < -0.39 is 0 Å². The molecule has 0 bridgehead atoms. The molecule has 0 unspecified atom stereocenters. The summed E-state index contributed by atoms with van der Waals surface area (Å²) in [4.78, 5) is 21.9. The number of rotatable bonds is 5. The first-order valence-electron chi connectivity index (χ1n) is 9.71. The number of nitrogens with one attached hydrogen (secondary N) is 1. The number of benzene rings is 2. The Balaban J connectivity index is 1.39. The molecule has 0 saturated heterocycles. The molecule has 1 amide bonds. The van der Waals surface area contributed by atoms with E-state index in [0.717, 1.165) is 22.6 Å². The van der Waals surface area contributed by atoms with Gasteiger partial charge in [-0.2, -0.15) is 0 Å². The van der Waals surface area contributed by atoms with Crippen molar-refractivity contribution in [2.75, 3.05) is 6.79 Å². The Morgan fingerprint density at radius 2 is 1.93 bits per heavy atom. The first-order chi connectivity index (χ1) is 14.7. The van der Waals surface area contributed by atoms with Gasteiger partial charge in [-0.3, -0.25) is 4.79 Å². The molecule has 1 aliphatic heterocycles. The highest BCUT2D eigenvalue weighted by molar-refractivity contribution is 5.94. The summed E-state index contributed by atoms with van der Waals surface area (Å²) >= 11 is 0. The van der Waals surface area contributed by atoms with Gasteiger partial charge in [0.1, 0.15) is 11.3 Å². The van der Waals surface area contributed by atoms with Crippen LogP contribution in [0.2, 0.25) is 0 Å². The minimum Gasteiger partial charge on any atom is -0.454 e. The third-order valence-electron chi connectivity index (χ3n) is 5.09. The van der Waals surface area contributed by atoms with Gasteiger partial charge < -0.3 is 19.4 Å². The molecule has 1 aliphatic rings. The first kappa shape index (κ1) is 18.2. The molecule has 7 nitrogen and oxygen atoms in total. The highest BCUT2D eigenvalue weighted by atomic mass is 16.7. The van der Waals surface area contributed by atoms with Crippen molar-refractivity contribution >= 4 is 17.1 Å². The number of hydrogen-bond acceptors (Lipinski definition) is 5. The quantitative estimate of drug-likeness (QED) is 0.555. The summed E-state index contributed by atoms with van der Waals surface area (Å²) in [6, 6.07) is 17.3. The number of aryl methyl sites for hydroxylation is 1. The van der Waals surface area contributed by atoms with Crippen LogP contribution in [0.3, 0.4) is 0 Å². The summed E-state index contributed by atoms with van der Waals surface area (Å²) in [7, 11) is 0. The van der Waals surface area contributed by atoms with Gasteiger partial charge in [0.15, 0.2) is 17.1 Å². The minimum atomic E-state index is -0.199. The largest absolute Gasteiger partial charge is 0.454 e. The molecule has 0 aliphatic carbocycles. The number of carbonyl (C=O) groups is 1. The topological polar surface area (TPSA) is 78.3 Å². The van der Waals surface area contributed by atoms with Crippen LogP contribution in [0, 0.1) is 6.92 Å². The zero-order chi connectivity index (χ0) is 20.5. The fourth-order valence-electron chi connectivity index (χ4n) is 3.48. The predicted octanol–water partition coefficient (Wildman–Crippen LogP) is 3.45. The average molecular weight is 400 g/mol. The Bertz CT molecular complexity index is 1230. The van der Waals surface area contributed by atoms with Gasteiger partial charge in [-0.25, -0.2) is 9.97 Å². The molecule has 30 heavy (non-hydrogen) atoms. The fraction of sp³-hybridized carbons (Fsp3) is 0.174.